The van der Waals surface area contributed by atoms with Crippen molar-refractivity contribution >= 4 is 17.6 Å². The van der Waals surface area contributed by atoms with Gasteiger partial charge in [0.05, 0.1) is 16.9 Å². The van der Waals surface area contributed by atoms with Crippen molar-refractivity contribution in [3.63, 3.8) is 0 Å². The number of anilines is 1. The van der Waals surface area contributed by atoms with E-state index in [9.17, 15) is 19.8 Å². The number of nitrogens with zero attached hydrogens (tertiary/aromatic N) is 1. The van der Waals surface area contributed by atoms with Gasteiger partial charge in [-0.3, -0.25) is 9.89 Å². The summed E-state index contributed by atoms with van der Waals surface area (Å²) in [6.07, 6.45) is 2.30. The number of benzene rings is 2. The normalized spacial score (nSPS) is 12.1. The molecule has 28 heavy (non-hydrogen) atoms. The number of carbonyl (C=O) groups is 2. The number of hydrogen-bond donors (Lipinski definition) is 4. The predicted octanol–water partition coefficient (Wildman–Crippen LogP) is 3.15. The molecule has 0 atom stereocenters. The number of aromatic nitrogens is 2. The van der Waals surface area contributed by atoms with Crippen molar-refractivity contribution in [1.29, 1.82) is 0 Å². The molecule has 142 valence electrons. The molecule has 0 spiro atoms. The molecule has 0 bridgehead atoms. The molecule has 0 saturated heterocycles. The number of carbonyl (C=O) groups excluding carboxylic acids is 1. The summed E-state index contributed by atoms with van der Waals surface area (Å²) < 4.78 is 0. The van der Waals surface area contributed by atoms with E-state index in [1.54, 1.807) is 30.3 Å². The van der Waals surface area contributed by atoms with Gasteiger partial charge in [0, 0.05) is 23.2 Å². The van der Waals surface area contributed by atoms with E-state index in [1.807, 2.05) is 6.07 Å². The van der Waals surface area contributed by atoms with Crippen molar-refractivity contribution in [2.75, 3.05) is 5.32 Å². The highest BCUT2D eigenvalue weighted by Gasteiger charge is 2.22. The van der Waals surface area contributed by atoms with E-state index in [-0.39, 0.29) is 23.6 Å². The lowest BCUT2D eigenvalue weighted by atomic mass is 9.88. The first kappa shape index (κ1) is 17.8. The SMILES string of the molecule is O=C(CCc1[nH]nc2c1CCc1cc(O)ccc1-2)Nc1ccccc1C(=O)O. The number of hydrogen-bond acceptors (Lipinski definition) is 4. The molecule has 7 heteroatoms. The Balaban J connectivity index is 1.47. The highest BCUT2D eigenvalue weighted by atomic mass is 16.4. The molecule has 0 aliphatic heterocycles. The zero-order valence-corrected chi connectivity index (χ0v) is 15.0. The third-order valence-electron chi connectivity index (χ3n) is 4.97. The van der Waals surface area contributed by atoms with E-state index in [0.29, 0.717) is 12.1 Å². The molecule has 2 aromatic carbocycles. The van der Waals surface area contributed by atoms with Crippen LogP contribution < -0.4 is 5.32 Å². The Morgan fingerprint density at radius 1 is 1.14 bits per heavy atom. The maximum atomic E-state index is 12.3. The highest BCUT2D eigenvalue weighted by Crippen LogP contribution is 2.35. The minimum absolute atomic E-state index is 0.0645. The van der Waals surface area contributed by atoms with Crippen LogP contribution in [0.2, 0.25) is 0 Å². The number of aryl methyl sites for hydroxylation is 2. The van der Waals surface area contributed by atoms with E-state index in [4.69, 9.17) is 0 Å². The fraction of sp³-hybridized carbons (Fsp3) is 0.190. The van der Waals surface area contributed by atoms with Gasteiger partial charge in [0.15, 0.2) is 0 Å². The Labute approximate surface area is 161 Å². The van der Waals surface area contributed by atoms with Crippen molar-refractivity contribution in [2.24, 2.45) is 0 Å². The van der Waals surface area contributed by atoms with Crippen LogP contribution in [0, 0.1) is 0 Å². The van der Waals surface area contributed by atoms with Crippen LogP contribution in [0.15, 0.2) is 42.5 Å². The smallest absolute Gasteiger partial charge is 0.337 e. The van der Waals surface area contributed by atoms with E-state index < -0.39 is 5.97 Å². The molecule has 0 saturated carbocycles. The van der Waals surface area contributed by atoms with Crippen molar-refractivity contribution in [1.82, 2.24) is 10.2 Å². The number of phenols is 1. The Bertz CT molecular complexity index is 1070. The fourth-order valence-corrected chi connectivity index (χ4v) is 3.61. The molecular formula is C21H19N3O4. The summed E-state index contributed by atoms with van der Waals surface area (Å²) >= 11 is 0. The van der Waals surface area contributed by atoms with E-state index in [0.717, 1.165) is 40.9 Å². The molecule has 4 rings (SSSR count). The summed E-state index contributed by atoms with van der Waals surface area (Å²) in [7, 11) is 0. The monoisotopic (exact) mass is 377 g/mol. The lowest BCUT2D eigenvalue weighted by molar-refractivity contribution is -0.116. The van der Waals surface area contributed by atoms with Gasteiger partial charge in [-0.2, -0.15) is 5.10 Å². The molecule has 1 amide bonds. The second kappa shape index (κ2) is 7.19. The second-order valence-electron chi connectivity index (χ2n) is 6.77. The minimum Gasteiger partial charge on any atom is -0.508 e. The number of para-hydroxylation sites is 1. The first-order valence-electron chi connectivity index (χ1n) is 9.03. The van der Waals surface area contributed by atoms with Crippen LogP contribution >= 0.6 is 0 Å². The van der Waals surface area contributed by atoms with Gasteiger partial charge in [0.1, 0.15) is 5.75 Å². The third-order valence-corrected chi connectivity index (χ3v) is 4.97. The molecule has 0 radical (unpaired) electrons. The van der Waals surface area contributed by atoms with Gasteiger partial charge in [-0.15, -0.1) is 0 Å². The Kier molecular flexibility index (Phi) is 4.57. The number of aromatic hydroxyl groups is 1. The van der Waals surface area contributed by atoms with Crippen LogP contribution in [0.1, 0.15) is 33.6 Å². The van der Waals surface area contributed by atoms with Crippen LogP contribution in [-0.2, 0) is 24.1 Å². The maximum absolute atomic E-state index is 12.3. The molecule has 3 aromatic rings. The maximum Gasteiger partial charge on any atom is 0.337 e. The van der Waals surface area contributed by atoms with Gasteiger partial charge >= 0.3 is 5.97 Å². The predicted molar refractivity (Wildman–Crippen MR) is 103 cm³/mol. The minimum atomic E-state index is -1.08. The highest BCUT2D eigenvalue weighted by molar-refractivity contribution is 6.00. The number of H-pyrrole nitrogens is 1. The van der Waals surface area contributed by atoms with Crippen molar-refractivity contribution in [2.45, 2.75) is 25.7 Å². The molecular weight excluding hydrogens is 358 g/mol. The Morgan fingerprint density at radius 2 is 1.96 bits per heavy atom. The summed E-state index contributed by atoms with van der Waals surface area (Å²) in [5.41, 5.74) is 5.30. The Hall–Kier alpha value is -3.61. The van der Waals surface area contributed by atoms with Crippen LogP contribution in [0.5, 0.6) is 5.75 Å². The summed E-state index contributed by atoms with van der Waals surface area (Å²) in [6.45, 7) is 0. The first-order valence-corrected chi connectivity index (χ1v) is 9.03. The topological polar surface area (TPSA) is 115 Å². The van der Waals surface area contributed by atoms with E-state index in [1.165, 1.54) is 6.07 Å². The fourth-order valence-electron chi connectivity index (χ4n) is 3.61. The largest absolute Gasteiger partial charge is 0.508 e. The number of aromatic carboxylic acids is 1. The quantitative estimate of drug-likeness (QED) is 0.545. The standard InChI is InChI=1S/C21H19N3O4/c25-13-6-8-14-12(11-13)5-7-15-18(23-24-20(14)15)9-10-19(26)22-17-4-2-1-3-16(17)21(27)28/h1-4,6,8,11,25H,5,7,9-10H2,(H,22,26)(H,23,24)(H,27,28). The molecule has 1 aromatic heterocycles. The molecule has 1 aliphatic carbocycles. The van der Waals surface area contributed by atoms with Crippen molar-refractivity contribution < 1.29 is 19.8 Å². The van der Waals surface area contributed by atoms with Crippen LogP contribution in [-0.4, -0.2) is 32.3 Å². The number of aromatic amines is 1. The molecule has 0 unspecified atom stereocenters. The zero-order valence-electron chi connectivity index (χ0n) is 15.0. The number of fused-ring (bicyclic) bond motifs is 3. The molecule has 1 aliphatic rings. The van der Waals surface area contributed by atoms with Crippen LogP contribution in [0.25, 0.3) is 11.3 Å². The molecule has 4 N–H and O–H groups in total. The number of rotatable bonds is 5. The first-order chi connectivity index (χ1) is 13.5. The number of amides is 1. The number of carboxylic acid groups (broad SMARTS) is 1. The van der Waals surface area contributed by atoms with Gasteiger partial charge in [-0.1, -0.05) is 12.1 Å². The van der Waals surface area contributed by atoms with Gasteiger partial charge in [0.25, 0.3) is 0 Å². The van der Waals surface area contributed by atoms with Gasteiger partial charge in [-0.25, -0.2) is 4.79 Å². The summed E-state index contributed by atoms with van der Waals surface area (Å²) in [5.74, 6) is -1.09. The van der Waals surface area contributed by atoms with Crippen LogP contribution in [0.3, 0.4) is 0 Å². The third kappa shape index (κ3) is 3.34. The van der Waals surface area contributed by atoms with Crippen molar-refractivity contribution in [3.8, 4) is 17.0 Å². The van der Waals surface area contributed by atoms with Gasteiger partial charge in [0.2, 0.25) is 5.91 Å². The number of phenolic OH excluding ortho intramolecular Hbond substituents is 1. The van der Waals surface area contributed by atoms with Gasteiger partial charge < -0.3 is 15.5 Å². The average molecular weight is 377 g/mol. The van der Waals surface area contributed by atoms with E-state index in [2.05, 4.69) is 15.5 Å². The molecule has 7 nitrogen and oxygen atoms in total. The summed E-state index contributed by atoms with van der Waals surface area (Å²) in [5, 5.41) is 29.0. The zero-order chi connectivity index (χ0) is 19.7. The van der Waals surface area contributed by atoms with Crippen LogP contribution in [0.4, 0.5) is 5.69 Å². The summed E-state index contributed by atoms with van der Waals surface area (Å²) in [6, 6.07) is 11.6. The number of nitrogens with one attached hydrogen (secondary N) is 2. The van der Waals surface area contributed by atoms with E-state index >= 15 is 0 Å². The molecule has 0 fully saturated rings. The second-order valence-corrected chi connectivity index (χ2v) is 6.77. The lowest BCUT2D eigenvalue weighted by Gasteiger charge is -2.16. The summed E-state index contributed by atoms with van der Waals surface area (Å²) in [4.78, 5) is 23.6. The lowest BCUT2D eigenvalue weighted by Crippen LogP contribution is -2.15. The van der Waals surface area contributed by atoms with Crippen molar-refractivity contribution in [3.05, 3.63) is 64.8 Å². The molecule has 1 heterocycles. The Morgan fingerprint density at radius 3 is 2.79 bits per heavy atom. The van der Waals surface area contributed by atoms with Gasteiger partial charge in [-0.05, 0) is 55.2 Å². The number of carboxylic acids is 1. The average Bonchev–Trinajstić information content (AvgIpc) is 3.09.